The number of halogens is 2. The Morgan fingerprint density at radius 3 is 2.36 bits per heavy atom. The lowest BCUT2D eigenvalue weighted by atomic mass is 10.1. The molecule has 1 unspecified atom stereocenters. The molecule has 0 bridgehead atoms. The molecule has 1 saturated heterocycles. The number of ketones is 1. The molecule has 1 atom stereocenters. The van der Waals surface area contributed by atoms with Crippen molar-refractivity contribution in [2.24, 2.45) is 0 Å². The highest BCUT2D eigenvalue weighted by molar-refractivity contribution is 5.95. The largest absolute Gasteiger partial charge is 0.491 e. The van der Waals surface area contributed by atoms with Gasteiger partial charge in [0.15, 0.2) is 17.3 Å². The van der Waals surface area contributed by atoms with Gasteiger partial charge in [0, 0.05) is 51.3 Å². The van der Waals surface area contributed by atoms with Gasteiger partial charge in [-0.15, -0.1) is 24.8 Å². The maximum Gasteiger partial charge on any atom is 0.231 e. The van der Waals surface area contributed by atoms with E-state index >= 15 is 0 Å². The number of aliphatic hydroxyl groups is 1. The Bertz CT molecular complexity index is 889. The Kier molecular flexibility index (Phi) is 10.7. The van der Waals surface area contributed by atoms with Crippen molar-refractivity contribution in [1.82, 2.24) is 9.80 Å². The zero-order valence-corrected chi connectivity index (χ0v) is 20.4. The van der Waals surface area contributed by atoms with Crippen molar-refractivity contribution in [3.63, 3.8) is 0 Å². The molecule has 1 N–H and O–H groups in total. The van der Waals surface area contributed by atoms with Gasteiger partial charge in [0.25, 0.3) is 0 Å². The third-order valence-electron chi connectivity index (χ3n) is 5.72. The normalized spacial score (nSPS) is 16.4. The van der Waals surface area contributed by atoms with Crippen LogP contribution >= 0.6 is 24.8 Å². The number of fused-ring (bicyclic) bond motifs is 1. The minimum Gasteiger partial charge on any atom is -0.491 e. The monoisotopic (exact) mass is 498 g/mol. The molecule has 0 saturated carbocycles. The Hall–Kier alpha value is -2.03. The van der Waals surface area contributed by atoms with E-state index in [4.69, 9.17) is 14.2 Å². The molecular weight excluding hydrogens is 467 g/mol. The molecule has 2 heterocycles. The number of nitrogens with zero attached hydrogens (tertiary/aromatic N) is 2. The molecule has 2 aromatic carbocycles. The second-order valence-corrected chi connectivity index (χ2v) is 8.03. The number of β-amino-alcohol motifs (C(OH)–C–C–N with tert-alkyl or cyclic N) is 1. The number of rotatable bonds is 9. The lowest BCUT2D eigenvalue weighted by molar-refractivity contribution is 0.0446. The average Bonchev–Trinajstić information content (AvgIpc) is 3.27. The fraction of sp³-hybridized carbons (Fsp3) is 0.458. The van der Waals surface area contributed by atoms with Crippen molar-refractivity contribution < 1.29 is 24.1 Å². The summed E-state index contributed by atoms with van der Waals surface area (Å²) in [4.78, 5) is 16.4. The van der Waals surface area contributed by atoms with Gasteiger partial charge < -0.3 is 19.3 Å². The zero-order valence-electron chi connectivity index (χ0n) is 18.8. The number of ether oxygens (including phenoxy) is 3. The molecule has 2 aromatic rings. The number of Topliss-reactive ketones (excluding diaryl/α,β-unsaturated/α-hetero) is 1. The van der Waals surface area contributed by atoms with Crippen molar-refractivity contribution >= 4 is 30.6 Å². The highest BCUT2D eigenvalue weighted by atomic mass is 35.5. The van der Waals surface area contributed by atoms with Crippen molar-refractivity contribution in [2.45, 2.75) is 26.0 Å². The Balaban J connectivity index is 0.00000193. The molecule has 0 aliphatic carbocycles. The lowest BCUT2D eigenvalue weighted by Crippen LogP contribution is -2.48. The van der Waals surface area contributed by atoms with Gasteiger partial charge in [-0.2, -0.15) is 0 Å². The van der Waals surface area contributed by atoms with Crippen molar-refractivity contribution in [3.8, 4) is 17.2 Å². The summed E-state index contributed by atoms with van der Waals surface area (Å²) in [5.41, 5.74) is 1.91. The van der Waals surface area contributed by atoms with Crippen molar-refractivity contribution in [2.75, 3.05) is 46.1 Å². The summed E-state index contributed by atoms with van der Waals surface area (Å²) in [5.74, 6) is 2.42. The Morgan fingerprint density at radius 2 is 1.67 bits per heavy atom. The van der Waals surface area contributed by atoms with Gasteiger partial charge in [0.05, 0.1) is 0 Å². The molecule has 7 nitrogen and oxygen atoms in total. The van der Waals surface area contributed by atoms with Crippen molar-refractivity contribution in [3.05, 3.63) is 53.6 Å². The van der Waals surface area contributed by atoms with Crippen LogP contribution < -0.4 is 14.2 Å². The molecule has 4 rings (SSSR count). The van der Waals surface area contributed by atoms with Crippen LogP contribution in [0.25, 0.3) is 0 Å². The highest BCUT2D eigenvalue weighted by Crippen LogP contribution is 2.32. The summed E-state index contributed by atoms with van der Waals surface area (Å²) in [6.45, 7) is 7.58. The van der Waals surface area contributed by atoms with E-state index < -0.39 is 6.10 Å². The first-order chi connectivity index (χ1) is 15.1. The topological polar surface area (TPSA) is 71.5 Å². The Morgan fingerprint density at radius 1 is 1.00 bits per heavy atom. The zero-order chi connectivity index (χ0) is 21.6. The number of carbonyl (C=O) groups excluding carboxylic acids is 1. The first-order valence-corrected chi connectivity index (χ1v) is 10.9. The molecule has 182 valence electrons. The van der Waals surface area contributed by atoms with E-state index in [1.165, 1.54) is 5.56 Å². The fourth-order valence-corrected chi connectivity index (χ4v) is 3.91. The fourth-order valence-electron chi connectivity index (χ4n) is 3.91. The number of carbonyl (C=O) groups is 1. The number of aliphatic hydroxyl groups excluding tert-OH is 1. The van der Waals surface area contributed by atoms with Crippen LogP contribution in [-0.4, -0.2) is 72.9 Å². The second kappa shape index (κ2) is 13.0. The first-order valence-electron chi connectivity index (χ1n) is 10.9. The maximum atomic E-state index is 11.7. The van der Waals surface area contributed by atoms with E-state index in [9.17, 15) is 9.90 Å². The first kappa shape index (κ1) is 27.2. The SMILES string of the molecule is CCC(=O)c1ccc(OCC(O)CN2CCN(Cc3ccc4c(c3)OCO4)CC2)cc1.Cl.Cl. The van der Waals surface area contributed by atoms with Crippen LogP contribution in [0.2, 0.25) is 0 Å². The smallest absolute Gasteiger partial charge is 0.231 e. The van der Waals surface area contributed by atoms with Gasteiger partial charge >= 0.3 is 0 Å². The second-order valence-electron chi connectivity index (χ2n) is 8.03. The summed E-state index contributed by atoms with van der Waals surface area (Å²) < 4.78 is 16.5. The van der Waals surface area contributed by atoms with Gasteiger partial charge in [-0.25, -0.2) is 0 Å². The van der Waals surface area contributed by atoms with E-state index in [0.717, 1.165) is 44.2 Å². The summed E-state index contributed by atoms with van der Waals surface area (Å²) >= 11 is 0. The summed E-state index contributed by atoms with van der Waals surface area (Å²) in [7, 11) is 0. The molecule has 1 fully saturated rings. The van der Waals surface area contributed by atoms with Crippen LogP contribution in [0.1, 0.15) is 29.3 Å². The number of hydrogen-bond donors (Lipinski definition) is 1. The minimum atomic E-state index is -0.558. The molecule has 0 radical (unpaired) electrons. The quantitative estimate of drug-likeness (QED) is 0.531. The summed E-state index contributed by atoms with van der Waals surface area (Å²) in [6.07, 6.45) is -0.0690. The van der Waals surface area contributed by atoms with Crippen LogP contribution in [-0.2, 0) is 6.54 Å². The van der Waals surface area contributed by atoms with Crippen LogP contribution in [0.3, 0.4) is 0 Å². The van der Waals surface area contributed by atoms with E-state index in [-0.39, 0.29) is 37.2 Å². The van der Waals surface area contributed by atoms with Crippen LogP contribution in [0.4, 0.5) is 0 Å². The predicted octanol–water partition coefficient (Wildman–Crippen LogP) is 3.41. The predicted molar refractivity (Wildman–Crippen MR) is 131 cm³/mol. The molecule has 2 aliphatic heterocycles. The number of piperazine rings is 1. The molecule has 2 aliphatic rings. The molecule has 0 spiro atoms. The maximum absolute atomic E-state index is 11.7. The summed E-state index contributed by atoms with van der Waals surface area (Å²) in [6, 6.07) is 13.2. The van der Waals surface area contributed by atoms with Gasteiger partial charge in [0.2, 0.25) is 6.79 Å². The van der Waals surface area contributed by atoms with E-state index in [2.05, 4.69) is 21.9 Å². The Labute approximate surface area is 207 Å². The van der Waals surface area contributed by atoms with Gasteiger partial charge in [-0.1, -0.05) is 13.0 Å². The number of hydrogen-bond acceptors (Lipinski definition) is 7. The van der Waals surface area contributed by atoms with E-state index in [0.29, 0.717) is 31.1 Å². The number of benzene rings is 2. The molecule has 0 aromatic heterocycles. The average molecular weight is 499 g/mol. The standard InChI is InChI=1S/C24H30N2O5.2ClH/c1-2-22(28)19-4-6-21(7-5-19)29-16-20(27)15-26-11-9-25(10-12-26)14-18-3-8-23-24(13-18)31-17-30-23;;/h3-8,13,20,27H,2,9-12,14-17H2,1H3;2*1H. The minimum absolute atomic E-state index is 0. The molecule has 9 heteroatoms. The van der Waals surface area contributed by atoms with E-state index in [1.807, 2.05) is 13.0 Å². The molecule has 33 heavy (non-hydrogen) atoms. The third-order valence-corrected chi connectivity index (χ3v) is 5.72. The van der Waals surface area contributed by atoms with Crippen LogP contribution in [0.5, 0.6) is 17.2 Å². The van der Waals surface area contributed by atoms with Crippen LogP contribution in [0.15, 0.2) is 42.5 Å². The van der Waals surface area contributed by atoms with Gasteiger partial charge in [-0.3, -0.25) is 14.6 Å². The lowest BCUT2D eigenvalue weighted by Gasteiger charge is -2.35. The third kappa shape index (κ3) is 7.48. The molecule has 0 amide bonds. The van der Waals surface area contributed by atoms with Crippen molar-refractivity contribution in [1.29, 1.82) is 0 Å². The molecular formula is C24H32Cl2N2O5. The summed E-state index contributed by atoms with van der Waals surface area (Å²) in [5, 5.41) is 10.4. The van der Waals surface area contributed by atoms with Gasteiger partial charge in [-0.05, 0) is 42.0 Å². The van der Waals surface area contributed by atoms with E-state index in [1.54, 1.807) is 24.3 Å². The van der Waals surface area contributed by atoms with Gasteiger partial charge in [0.1, 0.15) is 18.5 Å². The highest BCUT2D eigenvalue weighted by Gasteiger charge is 2.21. The van der Waals surface area contributed by atoms with Crippen LogP contribution in [0, 0.1) is 0 Å².